The summed E-state index contributed by atoms with van der Waals surface area (Å²) in [5.74, 6) is -0.199. The van der Waals surface area contributed by atoms with Crippen LogP contribution in [0.25, 0.3) is 11.2 Å². The van der Waals surface area contributed by atoms with Crippen LogP contribution in [0.5, 0.6) is 0 Å². The first-order valence-corrected chi connectivity index (χ1v) is 8.19. The third-order valence-electron chi connectivity index (χ3n) is 4.72. The molecule has 3 heterocycles. The first-order chi connectivity index (χ1) is 12.2. The lowest BCUT2D eigenvalue weighted by molar-refractivity contribution is 0.0706. The van der Waals surface area contributed by atoms with Gasteiger partial charge in [0.2, 0.25) is 0 Å². The normalized spacial score (nSPS) is 17.4. The zero-order valence-corrected chi connectivity index (χ0v) is 13.9. The number of carbonyl (C=O) groups excluding carboxylic acids is 1. The second-order valence-corrected chi connectivity index (χ2v) is 6.51. The molecular weight excluding hydrogens is 318 g/mol. The van der Waals surface area contributed by atoms with Crippen LogP contribution >= 0.6 is 0 Å². The monoisotopic (exact) mass is 337 g/mol. The first-order valence-electron chi connectivity index (χ1n) is 8.19. The molecule has 1 aliphatic rings. The minimum atomic E-state index is -0.502. The van der Waals surface area contributed by atoms with E-state index < -0.39 is 5.91 Å². The van der Waals surface area contributed by atoms with Gasteiger partial charge in [0.1, 0.15) is 5.52 Å². The van der Waals surface area contributed by atoms with Crippen molar-refractivity contribution in [1.29, 1.82) is 0 Å². The summed E-state index contributed by atoms with van der Waals surface area (Å²) < 4.78 is 0. The van der Waals surface area contributed by atoms with Crippen LogP contribution in [0.3, 0.4) is 0 Å². The van der Waals surface area contributed by atoms with Gasteiger partial charge in [0.15, 0.2) is 5.65 Å². The van der Waals surface area contributed by atoms with Gasteiger partial charge in [-0.05, 0) is 31.2 Å². The van der Waals surface area contributed by atoms with Crippen molar-refractivity contribution in [1.82, 2.24) is 25.3 Å². The largest absolute Gasteiger partial charge is 0.340 e. The molecule has 7 heteroatoms. The van der Waals surface area contributed by atoms with E-state index in [9.17, 15) is 4.79 Å². The summed E-state index contributed by atoms with van der Waals surface area (Å²) >= 11 is 0. The number of likely N-dealkylation sites (N-methyl/N-ethyl adjacent to an activating group) is 1. The lowest BCUT2D eigenvalue weighted by Gasteiger charge is -2.30. The molecule has 3 N–H and O–H groups in total. The predicted molar refractivity (Wildman–Crippen MR) is 92.4 cm³/mol. The van der Waals surface area contributed by atoms with Crippen molar-refractivity contribution in [3.8, 4) is 0 Å². The van der Waals surface area contributed by atoms with Gasteiger partial charge in [0.25, 0.3) is 5.91 Å². The number of aromatic amines is 1. The summed E-state index contributed by atoms with van der Waals surface area (Å²) in [6.07, 6.45) is 4.28. The number of H-pyrrole nitrogens is 1. The molecule has 0 saturated heterocycles. The number of hydrogen-bond acceptors (Lipinski definition) is 5. The van der Waals surface area contributed by atoms with Gasteiger partial charge < -0.3 is 4.98 Å². The average Bonchev–Trinajstić information content (AvgIpc) is 2.99. The molecule has 0 aliphatic carbocycles. The molecular formula is C18H19N5O2. The first kappa shape index (κ1) is 15.7. The fraction of sp³-hybridized carbons (Fsp3) is 0.278. The maximum Gasteiger partial charge on any atom is 0.274 e. The summed E-state index contributed by atoms with van der Waals surface area (Å²) in [4.78, 5) is 26.0. The van der Waals surface area contributed by atoms with Gasteiger partial charge in [-0.15, -0.1) is 0 Å². The molecule has 2 aromatic heterocycles. The number of nitrogens with zero attached hydrogens (tertiary/aromatic N) is 3. The predicted octanol–water partition coefficient (Wildman–Crippen LogP) is 1.85. The standard InChI is InChI=1S/C18H19N5O2/c1-23-9-13(8-11-2-4-12(5-3-11)18(24)22-25)15-14(10-23)21-17-16(15)19-6-7-20-17/h2-7,13,25H,8-10H2,1H3,(H,20,21)(H,22,24). The molecule has 0 spiro atoms. The Morgan fingerprint density at radius 1 is 1.32 bits per heavy atom. The molecule has 0 radical (unpaired) electrons. The molecule has 0 saturated carbocycles. The van der Waals surface area contributed by atoms with Gasteiger partial charge in [-0.2, -0.15) is 0 Å². The number of rotatable bonds is 3. The molecule has 1 atom stereocenters. The third-order valence-corrected chi connectivity index (χ3v) is 4.72. The molecule has 1 aromatic carbocycles. The summed E-state index contributed by atoms with van der Waals surface area (Å²) in [7, 11) is 2.11. The van der Waals surface area contributed by atoms with Crippen LogP contribution in [0.4, 0.5) is 0 Å². The molecule has 3 aromatic rings. The third kappa shape index (κ3) is 2.88. The number of benzene rings is 1. The Labute approximate surface area is 144 Å². The highest BCUT2D eigenvalue weighted by Crippen LogP contribution is 2.34. The SMILES string of the molecule is CN1Cc2[nH]c3nccnc3c2C(Cc2ccc(C(=O)NO)cc2)C1. The van der Waals surface area contributed by atoms with Crippen molar-refractivity contribution in [3.05, 3.63) is 59.0 Å². The minimum Gasteiger partial charge on any atom is -0.340 e. The Balaban J connectivity index is 1.66. The molecule has 0 fully saturated rings. The van der Waals surface area contributed by atoms with Crippen LogP contribution in [-0.4, -0.2) is 44.6 Å². The van der Waals surface area contributed by atoms with Crippen LogP contribution in [-0.2, 0) is 13.0 Å². The molecule has 4 rings (SSSR count). The van der Waals surface area contributed by atoms with Crippen LogP contribution in [0, 0.1) is 0 Å². The fourth-order valence-corrected chi connectivity index (χ4v) is 3.65. The molecule has 128 valence electrons. The number of aromatic nitrogens is 3. The van der Waals surface area contributed by atoms with Crippen molar-refractivity contribution in [2.24, 2.45) is 0 Å². The minimum absolute atomic E-state index is 0.303. The number of nitrogens with one attached hydrogen (secondary N) is 2. The highest BCUT2D eigenvalue weighted by Gasteiger charge is 2.28. The highest BCUT2D eigenvalue weighted by molar-refractivity contribution is 5.93. The Kier molecular flexibility index (Phi) is 3.95. The number of fused-ring (bicyclic) bond motifs is 3. The zero-order chi connectivity index (χ0) is 17.4. The van der Waals surface area contributed by atoms with Gasteiger partial charge in [-0.1, -0.05) is 12.1 Å². The Morgan fingerprint density at radius 3 is 2.84 bits per heavy atom. The molecule has 1 amide bonds. The molecule has 25 heavy (non-hydrogen) atoms. The average molecular weight is 337 g/mol. The van der Waals surface area contributed by atoms with Crippen molar-refractivity contribution >= 4 is 17.1 Å². The van der Waals surface area contributed by atoms with E-state index in [0.717, 1.165) is 36.2 Å². The van der Waals surface area contributed by atoms with E-state index in [2.05, 4.69) is 26.9 Å². The van der Waals surface area contributed by atoms with Gasteiger partial charge in [0, 0.05) is 48.2 Å². The second-order valence-electron chi connectivity index (χ2n) is 6.51. The molecule has 1 aliphatic heterocycles. The van der Waals surface area contributed by atoms with Crippen LogP contribution in [0.2, 0.25) is 0 Å². The van der Waals surface area contributed by atoms with Gasteiger partial charge in [-0.25, -0.2) is 10.5 Å². The van der Waals surface area contributed by atoms with Crippen LogP contribution < -0.4 is 5.48 Å². The quantitative estimate of drug-likeness (QED) is 0.501. The topological polar surface area (TPSA) is 94.1 Å². The van der Waals surface area contributed by atoms with E-state index >= 15 is 0 Å². The maximum absolute atomic E-state index is 11.4. The number of carbonyl (C=O) groups is 1. The van der Waals surface area contributed by atoms with Gasteiger partial charge in [0.05, 0.1) is 0 Å². The zero-order valence-electron chi connectivity index (χ0n) is 13.9. The van der Waals surface area contributed by atoms with Gasteiger partial charge >= 0.3 is 0 Å². The maximum atomic E-state index is 11.4. The lowest BCUT2D eigenvalue weighted by Crippen LogP contribution is -2.31. The van der Waals surface area contributed by atoms with E-state index in [1.165, 1.54) is 11.3 Å². The van der Waals surface area contributed by atoms with Crippen LogP contribution in [0.1, 0.15) is 33.1 Å². The smallest absolute Gasteiger partial charge is 0.274 e. The van der Waals surface area contributed by atoms with E-state index in [-0.39, 0.29) is 0 Å². The van der Waals surface area contributed by atoms with Crippen molar-refractivity contribution in [2.45, 2.75) is 18.9 Å². The second kappa shape index (κ2) is 6.27. The Bertz CT molecular complexity index is 919. The Morgan fingerprint density at radius 2 is 2.08 bits per heavy atom. The summed E-state index contributed by atoms with van der Waals surface area (Å²) in [6.45, 7) is 1.80. The van der Waals surface area contributed by atoms with Crippen molar-refractivity contribution in [2.75, 3.05) is 13.6 Å². The fourth-order valence-electron chi connectivity index (χ4n) is 3.65. The van der Waals surface area contributed by atoms with E-state index in [0.29, 0.717) is 11.5 Å². The molecule has 7 nitrogen and oxygen atoms in total. The number of hydroxylamine groups is 1. The highest BCUT2D eigenvalue weighted by atomic mass is 16.5. The molecule has 1 unspecified atom stereocenters. The lowest BCUT2D eigenvalue weighted by atomic mass is 9.88. The van der Waals surface area contributed by atoms with E-state index in [1.807, 2.05) is 12.1 Å². The van der Waals surface area contributed by atoms with Crippen molar-refractivity contribution < 1.29 is 10.0 Å². The van der Waals surface area contributed by atoms with Crippen molar-refractivity contribution in [3.63, 3.8) is 0 Å². The number of amides is 1. The van der Waals surface area contributed by atoms with Crippen LogP contribution in [0.15, 0.2) is 36.7 Å². The Hall–Kier alpha value is -2.77. The van der Waals surface area contributed by atoms with E-state index in [4.69, 9.17) is 5.21 Å². The van der Waals surface area contributed by atoms with E-state index in [1.54, 1.807) is 30.0 Å². The van der Waals surface area contributed by atoms with Gasteiger partial charge in [-0.3, -0.25) is 19.9 Å². The molecule has 0 bridgehead atoms. The summed E-state index contributed by atoms with van der Waals surface area (Å²) in [5, 5.41) is 8.71. The number of hydrogen-bond donors (Lipinski definition) is 3. The summed E-state index contributed by atoms with van der Waals surface area (Å²) in [5.41, 5.74) is 7.44. The summed E-state index contributed by atoms with van der Waals surface area (Å²) in [6, 6.07) is 7.31.